The highest BCUT2D eigenvalue weighted by molar-refractivity contribution is 5.54. The van der Waals surface area contributed by atoms with Crippen LogP contribution in [0.1, 0.15) is 23.1 Å². The van der Waals surface area contributed by atoms with Crippen LogP contribution in [0.2, 0.25) is 0 Å². The summed E-state index contributed by atoms with van der Waals surface area (Å²) in [6.07, 6.45) is -2.36. The molecule has 0 radical (unpaired) electrons. The Kier molecular flexibility index (Phi) is 3.96. The predicted octanol–water partition coefficient (Wildman–Crippen LogP) is 4.64. The molecule has 5 heteroatoms. The molecule has 1 aliphatic heterocycles. The van der Waals surface area contributed by atoms with Gasteiger partial charge in [0.15, 0.2) is 0 Å². The number of aryl methyl sites for hydroxylation is 1. The molecule has 0 saturated heterocycles. The first-order chi connectivity index (χ1) is 10.5. The number of halogens is 3. The minimum Gasteiger partial charge on any atom is -0.488 e. The van der Waals surface area contributed by atoms with E-state index in [-0.39, 0.29) is 12.4 Å². The standard InChI is InChI=1S/C17H16F3NO/c18-17(19,20)14-5-1-2-6-16(14)22-11-12-7-8-15-13(10-12)4-3-9-21-15/h1-2,5-8,10,21H,3-4,9,11H2. The number of para-hydroxylation sites is 1. The average Bonchev–Trinajstić information content (AvgIpc) is 2.52. The summed E-state index contributed by atoms with van der Waals surface area (Å²) in [4.78, 5) is 0. The molecule has 0 spiro atoms. The highest BCUT2D eigenvalue weighted by Crippen LogP contribution is 2.36. The third-order valence-corrected chi connectivity index (χ3v) is 3.69. The number of hydrogen-bond acceptors (Lipinski definition) is 2. The van der Waals surface area contributed by atoms with Crippen molar-refractivity contribution in [3.05, 3.63) is 59.2 Å². The number of benzene rings is 2. The van der Waals surface area contributed by atoms with E-state index in [1.807, 2.05) is 18.2 Å². The van der Waals surface area contributed by atoms with Gasteiger partial charge in [-0.15, -0.1) is 0 Å². The minimum absolute atomic E-state index is 0.125. The number of fused-ring (bicyclic) bond motifs is 1. The molecular formula is C17H16F3NO. The molecule has 0 aromatic heterocycles. The van der Waals surface area contributed by atoms with Gasteiger partial charge in [-0.2, -0.15) is 13.2 Å². The van der Waals surface area contributed by atoms with Gasteiger partial charge in [0.25, 0.3) is 0 Å². The first-order valence-electron chi connectivity index (χ1n) is 7.19. The Labute approximate surface area is 126 Å². The van der Waals surface area contributed by atoms with Crippen molar-refractivity contribution in [2.24, 2.45) is 0 Å². The second-order valence-electron chi connectivity index (χ2n) is 5.30. The summed E-state index contributed by atoms with van der Waals surface area (Å²) in [5.74, 6) is -0.133. The van der Waals surface area contributed by atoms with E-state index in [2.05, 4.69) is 5.32 Å². The number of rotatable bonds is 3. The van der Waals surface area contributed by atoms with Gasteiger partial charge >= 0.3 is 6.18 Å². The largest absolute Gasteiger partial charge is 0.488 e. The van der Waals surface area contributed by atoms with E-state index in [1.165, 1.54) is 17.7 Å². The maximum absolute atomic E-state index is 12.9. The van der Waals surface area contributed by atoms with Gasteiger partial charge in [-0.1, -0.05) is 24.3 Å². The van der Waals surface area contributed by atoms with Gasteiger partial charge < -0.3 is 10.1 Å². The highest BCUT2D eigenvalue weighted by atomic mass is 19.4. The number of anilines is 1. The fraction of sp³-hybridized carbons (Fsp3) is 0.294. The van der Waals surface area contributed by atoms with Crippen LogP contribution in [0.3, 0.4) is 0 Å². The van der Waals surface area contributed by atoms with Crippen LogP contribution in [0.15, 0.2) is 42.5 Å². The fourth-order valence-corrected chi connectivity index (χ4v) is 2.61. The van der Waals surface area contributed by atoms with Crippen LogP contribution in [0, 0.1) is 0 Å². The molecule has 0 unspecified atom stereocenters. The van der Waals surface area contributed by atoms with Gasteiger partial charge in [0.2, 0.25) is 0 Å². The minimum atomic E-state index is -4.41. The Morgan fingerprint density at radius 1 is 1.09 bits per heavy atom. The van der Waals surface area contributed by atoms with Crippen molar-refractivity contribution in [2.45, 2.75) is 25.6 Å². The number of nitrogens with one attached hydrogen (secondary N) is 1. The monoisotopic (exact) mass is 307 g/mol. The second-order valence-corrected chi connectivity index (χ2v) is 5.30. The van der Waals surface area contributed by atoms with E-state index in [0.29, 0.717) is 0 Å². The Balaban J connectivity index is 1.76. The second kappa shape index (κ2) is 5.91. The first kappa shape index (κ1) is 14.8. The number of alkyl halides is 3. The lowest BCUT2D eigenvalue weighted by molar-refractivity contribution is -0.139. The molecule has 0 bridgehead atoms. The lowest BCUT2D eigenvalue weighted by atomic mass is 10.0. The molecular weight excluding hydrogens is 291 g/mol. The molecule has 1 heterocycles. The van der Waals surface area contributed by atoms with Gasteiger partial charge in [0.05, 0.1) is 5.56 Å². The van der Waals surface area contributed by atoms with Gasteiger partial charge in [-0.25, -0.2) is 0 Å². The molecule has 3 rings (SSSR count). The van der Waals surface area contributed by atoms with Crippen LogP contribution in [-0.4, -0.2) is 6.54 Å². The molecule has 2 aromatic carbocycles. The number of ether oxygens (including phenoxy) is 1. The van der Waals surface area contributed by atoms with Crippen molar-refractivity contribution in [3.8, 4) is 5.75 Å². The zero-order chi connectivity index (χ0) is 15.6. The smallest absolute Gasteiger partial charge is 0.419 e. The Bertz CT molecular complexity index is 667. The number of hydrogen-bond donors (Lipinski definition) is 1. The van der Waals surface area contributed by atoms with E-state index < -0.39 is 11.7 Å². The molecule has 22 heavy (non-hydrogen) atoms. The van der Waals surface area contributed by atoms with Gasteiger partial charge in [-0.3, -0.25) is 0 Å². The van der Waals surface area contributed by atoms with Crippen LogP contribution in [-0.2, 0) is 19.2 Å². The summed E-state index contributed by atoms with van der Waals surface area (Å²) < 4.78 is 44.1. The highest BCUT2D eigenvalue weighted by Gasteiger charge is 2.33. The van der Waals surface area contributed by atoms with Crippen molar-refractivity contribution in [2.75, 3.05) is 11.9 Å². The molecule has 0 atom stereocenters. The zero-order valence-electron chi connectivity index (χ0n) is 11.9. The lowest BCUT2D eigenvalue weighted by Crippen LogP contribution is -2.12. The van der Waals surface area contributed by atoms with Gasteiger partial charge in [0, 0.05) is 12.2 Å². The third-order valence-electron chi connectivity index (χ3n) is 3.69. The van der Waals surface area contributed by atoms with E-state index in [9.17, 15) is 13.2 Å². The van der Waals surface area contributed by atoms with Crippen LogP contribution < -0.4 is 10.1 Å². The molecule has 0 aliphatic carbocycles. The Morgan fingerprint density at radius 2 is 1.91 bits per heavy atom. The average molecular weight is 307 g/mol. The zero-order valence-corrected chi connectivity index (χ0v) is 11.9. The molecule has 2 nitrogen and oxygen atoms in total. The van der Waals surface area contributed by atoms with E-state index in [0.717, 1.165) is 36.7 Å². The summed E-state index contributed by atoms with van der Waals surface area (Å²) in [5, 5.41) is 3.30. The topological polar surface area (TPSA) is 21.3 Å². The predicted molar refractivity (Wildman–Crippen MR) is 79.0 cm³/mol. The molecule has 1 aliphatic rings. The van der Waals surface area contributed by atoms with Crippen molar-refractivity contribution >= 4 is 5.69 Å². The van der Waals surface area contributed by atoms with Crippen molar-refractivity contribution in [1.29, 1.82) is 0 Å². The maximum Gasteiger partial charge on any atom is 0.419 e. The van der Waals surface area contributed by atoms with E-state index >= 15 is 0 Å². The van der Waals surface area contributed by atoms with Crippen LogP contribution >= 0.6 is 0 Å². The SMILES string of the molecule is FC(F)(F)c1ccccc1OCc1ccc2c(c1)CCCN2. The fourth-order valence-electron chi connectivity index (χ4n) is 2.61. The first-order valence-corrected chi connectivity index (χ1v) is 7.19. The Hall–Kier alpha value is -2.17. The summed E-state index contributed by atoms with van der Waals surface area (Å²) in [6, 6.07) is 11.1. The summed E-state index contributed by atoms with van der Waals surface area (Å²) in [6.45, 7) is 1.09. The molecule has 116 valence electrons. The maximum atomic E-state index is 12.9. The summed E-state index contributed by atoms with van der Waals surface area (Å²) in [5.41, 5.74) is 2.43. The summed E-state index contributed by atoms with van der Waals surface area (Å²) in [7, 11) is 0. The van der Waals surface area contributed by atoms with Crippen molar-refractivity contribution in [3.63, 3.8) is 0 Å². The third kappa shape index (κ3) is 3.18. The van der Waals surface area contributed by atoms with Crippen molar-refractivity contribution < 1.29 is 17.9 Å². The molecule has 1 N–H and O–H groups in total. The van der Waals surface area contributed by atoms with Crippen LogP contribution in [0.5, 0.6) is 5.75 Å². The van der Waals surface area contributed by atoms with Crippen LogP contribution in [0.25, 0.3) is 0 Å². The molecule has 2 aromatic rings. The van der Waals surface area contributed by atoms with Gasteiger partial charge in [0.1, 0.15) is 12.4 Å². The lowest BCUT2D eigenvalue weighted by Gasteiger charge is -2.19. The van der Waals surface area contributed by atoms with E-state index in [1.54, 1.807) is 6.07 Å². The van der Waals surface area contributed by atoms with Crippen molar-refractivity contribution in [1.82, 2.24) is 0 Å². The Morgan fingerprint density at radius 3 is 2.73 bits per heavy atom. The quantitative estimate of drug-likeness (QED) is 0.891. The molecule has 0 saturated carbocycles. The van der Waals surface area contributed by atoms with E-state index in [4.69, 9.17) is 4.74 Å². The molecule has 0 amide bonds. The van der Waals surface area contributed by atoms with Crippen LogP contribution in [0.4, 0.5) is 18.9 Å². The molecule has 0 fully saturated rings. The summed E-state index contributed by atoms with van der Waals surface area (Å²) >= 11 is 0. The van der Waals surface area contributed by atoms with Gasteiger partial charge in [-0.05, 0) is 42.2 Å². The normalized spacial score (nSPS) is 14.1.